The Morgan fingerprint density at radius 3 is 2.31 bits per heavy atom. The normalized spacial score (nSPS) is 14.8. The Balaban J connectivity index is 0. The minimum Gasteiger partial charge on any atom is -0.462 e. The number of nitrogens with zero attached hydrogens (tertiary/aromatic N) is 1. The van der Waals surface area contributed by atoms with Crippen molar-refractivity contribution in [2.75, 3.05) is 20.1 Å². The molecule has 0 bridgehead atoms. The van der Waals surface area contributed by atoms with Gasteiger partial charge in [0.1, 0.15) is 11.3 Å². The molecule has 0 saturated carbocycles. The lowest BCUT2D eigenvalue weighted by Gasteiger charge is -2.26. The molecule has 26 heavy (non-hydrogen) atoms. The molecule has 0 radical (unpaired) electrons. The van der Waals surface area contributed by atoms with Gasteiger partial charge in [0.2, 0.25) is 0 Å². The Hall–Kier alpha value is -1.82. The molecule has 2 heterocycles. The maximum Gasteiger partial charge on any atom is 0.293 e. The van der Waals surface area contributed by atoms with E-state index in [1.165, 1.54) is 0 Å². The molecule has 0 aliphatic carbocycles. The number of nitrogens with one attached hydrogen (secondary N) is 2. The van der Waals surface area contributed by atoms with Crippen molar-refractivity contribution in [2.45, 2.75) is 73.5 Å². The highest BCUT2D eigenvalue weighted by atomic mass is 16.5. The average Bonchev–Trinajstić information content (AvgIpc) is 3.00. The zero-order valence-electron chi connectivity index (χ0n) is 18.1. The SMILES string of the molecule is CC.CC.CC(C)(C)OC=O.CNCCC1CNC(=O)c2cc(C)cn21. The number of aryl methyl sites for hydroxylation is 1. The second-order valence-corrected chi connectivity index (χ2v) is 6.39. The van der Waals surface area contributed by atoms with Crippen molar-refractivity contribution in [3.8, 4) is 0 Å². The summed E-state index contributed by atoms with van der Waals surface area (Å²) in [6.07, 6.45) is 3.10. The van der Waals surface area contributed by atoms with E-state index in [0.717, 1.165) is 30.8 Å². The predicted octanol–water partition coefficient (Wildman–Crippen LogP) is 3.70. The van der Waals surface area contributed by atoms with Gasteiger partial charge in [-0.3, -0.25) is 9.59 Å². The van der Waals surface area contributed by atoms with E-state index in [-0.39, 0.29) is 11.5 Å². The molecule has 1 atom stereocenters. The van der Waals surface area contributed by atoms with Crippen molar-refractivity contribution < 1.29 is 14.3 Å². The quantitative estimate of drug-likeness (QED) is 0.794. The molecule has 2 N–H and O–H groups in total. The lowest BCUT2D eigenvalue weighted by atomic mass is 10.1. The molecule has 6 nitrogen and oxygen atoms in total. The maximum atomic E-state index is 11.6. The predicted molar refractivity (Wildman–Crippen MR) is 109 cm³/mol. The van der Waals surface area contributed by atoms with Gasteiger partial charge in [-0.2, -0.15) is 0 Å². The van der Waals surface area contributed by atoms with E-state index in [2.05, 4.69) is 26.1 Å². The van der Waals surface area contributed by atoms with Gasteiger partial charge >= 0.3 is 0 Å². The molecule has 1 amide bonds. The summed E-state index contributed by atoms with van der Waals surface area (Å²) in [6.45, 7) is 17.6. The van der Waals surface area contributed by atoms with Crippen LogP contribution in [0.1, 0.15) is 77.0 Å². The molecule has 1 aromatic heterocycles. The summed E-state index contributed by atoms with van der Waals surface area (Å²) in [5.74, 6) is 0.0452. The minimum atomic E-state index is -0.318. The number of ether oxygens (including phenoxy) is 1. The van der Waals surface area contributed by atoms with Crippen molar-refractivity contribution in [2.24, 2.45) is 0 Å². The van der Waals surface area contributed by atoms with Crippen molar-refractivity contribution in [1.29, 1.82) is 0 Å². The van der Waals surface area contributed by atoms with Crippen molar-refractivity contribution in [3.05, 3.63) is 23.5 Å². The highest BCUT2D eigenvalue weighted by Crippen LogP contribution is 2.20. The van der Waals surface area contributed by atoms with Crippen molar-refractivity contribution in [1.82, 2.24) is 15.2 Å². The van der Waals surface area contributed by atoms with Crippen LogP contribution in [0.4, 0.5) is 0 Å². The van der Waals surface area contributed by atoms with Gasteiger partial charge in [-0.15, -0.1) is 0 Å². The summed E-state index contributed by atoms with van der Waals surface area (Å²) >= 11 is 0. The van der Waals surface area contributed by atoms with Crippen LogP contribution in [0, 0.1) is 6.92 Å². The van der Waals surface area contributed by atoms with Gasteiger partial charge < -0.3 is 19.9 Å². The van der Waals surface area contributed by atoms with E-state index in [0.29, 0.717) is 12.5 Å². The number of rotatable bonds is 4. The number of hydrogen-bond acceptors (Lipinski definition) is 4. The molecule has 0 spiro atoms. The molecule has 0 saturated heterocycles. The first kappa shape index (κ1) is 26.4. The molecule has 6 heteroatoms. The zero-order valence-corrected chi connectivity index (χ0v) is 18.1. The molecule has 0 aromatic carbocycles. The summed E-state index contributed by atoms with van der Waals surface area (Å²) in [5.41, 5.74) is 1.62. The van der Waals surface area contributed by atoms with Crippen molar-refractivity contribution >= 4 is 12.4 Å². The summed E-state index contributed by atoms with van der Waals surface area (Å²) in [5, 5.41) is 6.06. The lowest BCUT2D eigenvalue weighted by Crippen LogP contribution is -2.39. The first-order valence-electron chi connectivity index (χ1n) is 9.51. The first-order valence-corrected chi connectivity index (χ1v) is 9.51. The summed E-state index contributed by atoms with van der Waals surface area (Å²) in [4.78, 5) is 21.2. The standard InChI is InChI=1S/C11H17N3O.C5H10O2.2C2H6/c1-8-5-10-11(15)13-6-9(3-4-12-2)14(10)7-8;1-5(2,3)7-4-6;2*1-2/h5,7,9,12H,3-4,6H2,1-2H3,(H,13,15);4H,1-3H3;2*1-2H3. The van der Waals surface area contributed by atoms with Gasteiger partial charge in [0.25, 0.3) is 12.4 Å². The fourth-order valence-corrected chi connectivity index (χ4v) is 2.20. The second-order valence-electron chi connectivity index (χ2n) is 6.39. The Kier molecular flexibility index (Phi) is 14.6. The molecule has 2 rings (SSSR count). The highest BCUT2D eigenvalue weighted by molar-refractivity contribution is 5.93. The van der Waals surface area contributed by atoms with E-state index >= 15 is 0 Å². The summed E-state index contributed by atoms with van der Waals surface area (Å²) in [6, 6.07) is 2.33. The molecule has 1 aliphatic heterocycles. The summed E-state index contributed by atoms with van der Waals surface area (Å²) in [7, 11) is 1.95. The van der Waals surface area contributed by atoms with E-state index < -0.39 is 0 Å². The van der Waals surface area contributed by atoms with Gasteiger partial charge in [0.05, 0.1) is 6.04 Å². The van der Waals surface area contributed by atoms with Crippen LogP contribution in [0.3, 0.4) is 0 Å². The van der Waals surface area contributed by atoms with E-state index in [1.54, 1.807) is 0 Å². The van der Waals surface area contributed by atoms with E-state index in [4.69, 9.17) is 0 Å². The molecule has 152 valence electrons. The number of hydrogen-bond donors (Lipinski definition) is 2. The zero-order chi connectivity index (χ0) is 20.8. The van der Waals surface area contributed by atoms with Gasteiger partial charge in [0.15, 0.2) is 0 Å². The Labute approximate surface area is 159 Å². The highest BCUT2D eigenvalue weighted by Gasteiger charge is 2.24. The van der Waals surface area contributed by atoms with Crippen LogP contribution in [0.15, 0.2) is 12.3 Å². The largest absolute Gasteiger partial charge is 0.462 e. The minimum absolute atomic E-state index is 0.0452. The maximum absolute atomic E-state index is 11.6. The number of carbonyl (C=O) groups is 2. The first-order chi connectivity index (χ1) is 12.3. The third-order valence-electron chi connectivity index (χ3n) is 3.24. The van der Waals surface area contributed by atoms with Crippen LogP contribution in [-0.2, 0) is 9.53 Å². The smallest absolute Gasteiger partial charge is 0.293 e. The third-order valence-corrected chi connectivity index (χ3v) is 3.24. The fraction of sp³-hybridized carbons (Fsp3) is 0.700. The lowest BCUT2D eigenvalue weighted by molar-refractivity contribution is -0.138. The topological polar surface area (TPSA) is 72.4 Å². The van der Waals surface area contributed by atoms with Crippen molar-refractivity contribution in [3.63, 3.8) is 0 Å². The van der Waals surface area contributed by atoms with Gasteiger partial charge in [-0.25, -0.2) is 0 Å². The van der Waals surface area contributed by atoms with Crippen LogP contribution in [-0.4, -0.2) is 42.7 Å². The molecular weight excluding hydrogens is 330 g/mol. The Bertz CT molecular complexity index is 505. The van der Waals surface area contributed by atoms with E-state index in [9.17, 15) is 9.59 Å². The van der Waals surface area contributed by atoms with Crippen LogP contribution in [0.5, 0.6) is 0 Å². The van der Waals surface area contributed by atoms with Gasteiger partial charge in [0, 0.05) is 12.7 Å². The molecule has 1 unspecified atom stereocenters. The van der Waals surface area contributed by atoms with Crippen LogP contribution in [0.2, 0.25) is 0 Å². The monoisotopic (exact) mass is 369 g/mol. The Morgan fingerprint density at radius 1 is 1.31 bits per heavy atom. The summed E-state index contributed by atoms with van der Waals surface area (Å²) < 4.78 is 6.65. The average molecular weight is 370 g/mol. The van der Waals surface area contributed by atoms with Crippen LogP contribution >= 0.6 is 0 Å². The number of fused-ring (bicyclic) bond motifs is 1. The van der Waals surface area contributed by atoms with Gasteiger partial charge in [-0.05, 0) is 59.3 Å². The van der Waals surface area contributed by atoms with Crippen LogP contribution < -0.4 is 10.6 Å². The second kappa shape index (κ2) is 14.4. The molecule has 0 fully saturated rings. The van der Waals surface area contributed by atoms with Gasteiger partial charge in [-0.1, -0.05) is 27.7 Å². The molecule has 1 aromatic rings. The van der Waals surface area contributed by atoms with E-state index in [1.807, 2.05) is 68.5 Å². The number of carbonyl (C=O) groups excluding carboxylic acids is 2. The number of amides is 1. The van der Waals surface area contributed by atoms with Crippen LogP contribution in [0.25, 0.3) is 0 Å². The molecule has 1 aliphatic rings. The third kappa shape index (κ3) is 10.2. The fourth-order valence-electron chi connectivity index (χ4n) is 2.20. The molecular formula is C20H39N3O3. The number of aromatic nitrogens is 1. The Morgan fingerprint density at radius 2 is 1.88 bits per heavy atom.